The second kappa shape index (κ2) is 2.83. The molecule has 2 rings (SSSR count). The van der Waals surface area contributed by atoms with Crippen LogP contribution in [0.2, 0.25) is 0 Å². The van der Waals surface area contributed by atoms with Gasteiger partial charge in [0.05, 0.1) is 5.69 Å². The van der Waals surface area contributed by atoms with Crippen LogP contribution in [0.4, 0.5) is 5.69 Å². The van der Waals surface area contributed by atoms with E-state index in [1.165, 1.54) is 12.8 Å². The van der Waals surface area contributed by atoms with Crippen LogP contribution in [0.1, 0.15) is 12.8 Å². The zero-order chi connectivity index (χ0) is 8.44. The van der Waals surface area contributed by atoms with Crippen molar-refractivity contribution < 1.29 is 0 Å². The molecule has 0 aromatic carbocycles. The monoisotopic (exact) mass is 165 g/mol. The molecule has 1 aromatic heterocycles. The van der Waals surface area contributed by atoms with E-state index in [4.69, 9.17) is 5.73 Å². The zero-order valence-corrected chi connectivity index (χ0v) is 7.14. The predicted molar refractivity (Wildman–Crippen MR) is 50.0 cm³/mol. The first-order chi connectivity index (χ1) is 5.85. The average Bonchev–Trinajstić information content (AvgIpc) is 2.70. The lowest BCUT2D eigenvalue weighted by Gasteiger charge is -2.12. The van der Waals surface area contributed by atoms with Gasteiger partial charge in [-0.2, -0.15) is 0 Å². The minimum absolute atomic E-state index is 0.414. The number of aromatic nitrogens is 1. The van der Waals surface area contributed by atoms with Gasteiger partial charge in [0.2, 0.25) is 0 Å². The molecule has 0 atom stereocenters. The summed E-state index contributed by atoms with van der Waals surface area (Å²) in [5.74, 6) is 0. The van der Waals surface area contributed by atoms with Crippen LogP contribution in [0.3, 0.4) is 0 Å². The molecule has 66 valence electrons. The highest BCUT2D eigenvalue weighted by molar-refractivity contribution is 5.40. The van der Waals surface area contributed by atoms with Crippen LogP contribution < -0.4 is 11.1 Å². The zero-order valence-electron chi connectivity index (χ0n) is 7.14. The Morgan fingerprint density at radius 2 is 2.42 bits per heavy atom. The lowest BCUT2D eigenvalue weighted by Crippen LogP contribution is -2.23. The fourth-order valence-corrected chi connectivity index (χ4v) is 1.35. The Labute approximate surface area is 72.3 Å². The predicted octanol–water partition coefficient (Wildman–Crippen LogP) is 1.17. The average molecular weight is 165 g/mol. The molecule has 0 aliphatic heterocycles. The lowest BCUT2D eigenvalue weighted by atomic mass is 10.1. The number of anilines is 1. The summed E-state index contributed by atoms with van der Waals surface area (Å²) >= 11 is 0. The van der Waals surface area contributed by atoms with E-state index in [-0.39, 0.29) is 0 Å². The number of hydrogen-bond acceptors (Lipinski definition) is 2. The third-order valence-electron chi connectivity index (χ3n) is 2.66. The van der Waals surface area contributed by atoms with Crippen molar-refractivity contribution in [2.24, 2.45) is 11.1 Å². The number of rotatable bonds is 4. The first-order valence-electron chi connectivity index (χ1n) is 4.41. The van der Waals surface area contributed by atoms with Crippen molar-refractivity contribution in [1.82, 2.24) is 4.98 Å². The van der Waals surface area contributed by atoms with Crippen LogP contribution in [-0.4, -0.2) is 18.1 Å². The highest BCUT2D eigenvalue weighted by Crippen LogP contribution is 2.44. The first kappa shape index (κ1) is 7.68. The molecular formula is C9H15N3. The molecule has 1 aliphatic carbocycles. The van der Waals surface area contributed by atoms with Crippen molar-refractivity contribution in [3.63, 3.8) is 0 Å². The Morgan fingerprint density at radius 3 is 2.92 bits per heavy atom. The van der Waals surface area contributed by atoms with Crippen molar-refractivity contribution in [2.45, 2.75) is 12.8 Å². The van der Waals surface area contributed by atoms with Crippen LogP contribution in [0.15, 0.2) is 18.5 Å². The Hall–Kier alpha value is -0.960. The van der Waals surface area contributed by atoms with Crippen molar-refractivity contribution in [1.29, 1.82) is 0 Å². The van der Waals surface area contributed by atoms with Gasteiger partial charge in [-0.25, -0.2) is 0 Å². The molecule has 0 saturated heterocycles. The van der Waals surface area contributed by atoms with Gasteiger partial charge in [0.1, 0.15) is 0 Å². The normalized spacial score (nSPS) is 19.1. The van der Waals surface area contributed by atoms with Gasteiger partial charge >= 0.3 is 0 Å². The van der Waals surface area contributed by atoms with E-state index in [2.05, 4.69) is 10.3 Å². The van der Waals surface area contributed by atoms with Gasteiger partial charge in [-0.3, -0.25) is 0 Å². The highest BCUT2D eigenvalue weighted by atomic mass is 14.9. The molecule has 1 aromatic rings. The van der Waals surface area contributed by atoms with E-state index in [1.54, 1.807) is 0 Å². The molecule has 0 bridgehead atoms. The molecule has 1 heterocycles. The topological polar surface area (TPSA) is 53.8 Å². The van der Waals surface area contributed by atoms with E-state index in [0.29, 0.717) is 5.41 Å². The molecule has 1 saturated carbocycles. The van der Waals surface area contributed by atoms with Crippen molar-refractivity contribution in [3.8, 4) is 0 Å². The third kappa shape index (κ3) is 1.46. The van der Waals surface area contributed by atoms with Crippen LogP contribution in [-0.2, 0) is 0 Å². The maximum atomic E-state index is 5.66. The summed E-state index contributed by atoms with van der Waals surface area (Å²) in [6.45, 7) is 1.83. The second-order valence-corrected chi connectivity index (χ2v) is 3.66. The summed E-state index contributed by atoms with van der Waals surface area (Å²) in [5, 5.41) is 3.37. The fourth-order valence-electron chi connectivity index (χ4n) is 1.35. The molecule has 12 heavy (non-hydrogen) atoms. The van der Waals surface area contributed by atoms with E-state index < -0.39 is 0 Å². The molecule has 1 aliphatic rings. The molecule has 3 heteroatoms. The Balaban J connectivity index is 1.83. The summed E-state index contributed by atoms with van der Waals surface area (Å²) in [4.78, 5) is 3.01. The third-order valence-corrected chi connectivity index (χ3v) is 2.66. The largest absolute Gasteiger partial charge is 0.383 e. The Kier molecular flexibility index (Phi) is 1.81. The molecule has 0 unspecified atom stereocenters. The van der Waals surface area contributed by atoms with Gasteiger partial charge in [0.15, 0.2) is 0 Å². The maximum absolute atomic E-state index is 5.66. The number of nitrogens with one attached hydrogen (secondary N) is 2. The van der Waals surface area contributed by atoms with Gasteiger partial charge in [-0.15, -0.1) is 0 Å². The Bertz CT molecular complexity index is 236. The first-order valence-corrected chi connectivity index (χ1v) is 4.41. The van der Waals surface area contributed by atoms with E-state index in [9.17, 15) is 0 Å². The summed E-state index contributed by atoms with van der Waals surface area (Å²) in [6, 6.07) is 2.03. The minimum Gasteiger partial charge on any atom is -0.383 e. The molecule has 0 spiro atoms. The molecule has 0 radical (unpaired) electrons. The number of nitrogens with two attached hydrogens (primary N) is 1. The van der Waals surface area contributed by atoms with Crippen LogP contribution in [0.5, 0.6) is 0 Å². The molecule has 1 fully saturated rings. The second-order valence-electron chi connectivity index (χ2n) is 3.66. The number of aromatic amines is 1. The summed E-state index contributed by atoms with van der Waals surface area (Å²) in [7, 11) is 0. The fraction of sp³-hybridized carbons (Fsp3) is 0.556. The maximum Gasteiger partial charge on any atom is 0.0517 e. The van der Waals surface area contributed by atoms with Crippen LogP contribution in [0, 0.1) is 5.41 Å². The smallest absolute Gasteiger partial charge is 0.0517 e. The van der Waals surface area contributed by atoms with Crippen molar-refractivity contribution >= 4 is 5.69 Å². The molecule has 0 amide bonds. The summed E-state index contributed by atoms with van der Waals surface area (Å²) in [6.07, 6.45) is 6.44. The van der Waals surface area contributed by atoms with Gasteiger partial charge < -0.3 is 16.0 Å². The lowest BCUT2D eigenvalue weighted by molar-refractivity contribution is 0.556. The molecule has 4 N–H and O–H groups in total. The van der Waals surface area contributed by atoms with E-state index in [1.807, 2.05) is 18.5 Å². The Morgan fingerprint density at radius 1 is 1.58 bits per heavy atom. The number of H-pyrrole nitrogens is 1. The van der Waals surface area contributed by atoms with Crippen LogP contribution in [0.25, 0.3) is 0 Å². The molecule has 3 nitrogen and oxygen atoms in total. The summed E-state index contributed by atoms with van der Waals surface area (Å²) in [5.41, 5.74) is 7.24. The van der Waals surface area contributed by atoms with Gasteiger partial charge in [-0.1, -0.05) is 0 Å². The molecular weight excluding hydrogens is 150 g/mol. The van der Waals surface area contributed by atoms with Crippen molar-refractivity contribution in [2.75, 3.05) is 18.4 Å². The van der Waals surface area contributed by atoms with Gasteiger partial charge in [0, 0.05) is 18.9 Å². The van der Waals surface area contributed by atoms with Gasteiger partial charge in [-0.05, 0) is 30.9 Å². The minimum atomic E-state index is 0.414. The SMILES string of the molecule is NCC1(CNc2cc[nH]c2)CC1. The van der Waals surface area contributed by atoms with Crippen LogP contribution >= 0.6 is 0 Å². The quantitative estimate of drug-likeness (QED) is 0.627. The summed E-state index contributed by atoms with van der Waals surface area (Å²) < 4.78 is 0. The number of hydrogen-bond donors (Lipinski definition) is 3. The standard InChI is InChI=1S/C9H15N3/c10-6-9(2-3-9)7-12-8-1-4-11-5-8/h1,4-5,11-12H,2-3,6-7,10H2. The van der Waals surface area contributed by atoms with Crippen molar-refractivity contribution in [3.05, 3.63) is 18.5 Å². The van der Waals surface area contributed by atoms with E-state index >= 15 is 0 Å². The highest BCUT2D eigenvalue weighted by Gasteiger charge is 2.40. The van der Waals surface area contributed by atoms with E-state index in [0.717, 1.165) is 18.8 Å². The van der Waals surface area contributed by atoms with Gasteiger partial charge in [0.25, 0.3) is 0 Å².